The maximum absolute atomic E-state index is 13.6. The van der Waals surface area contributed by atoms with Crippen LogP contribution < -0.4 is 10.6 Å². The summed E-state index contributed by atoms with van der Waals surface area (Å²) in [5, 5.41) is 5.88. The molecule has 1 aromatic carbocycles. The van der Waals surface area contributed by atoms with Crippen molar-refractivity contribution in [1.82, 2.24) is 15.3 Å². The molecule has 134 valence electrons. The number of nitrogens with zero attached hydrogens (tertiary/aromatic N) is 2. The van der Waals surface area contributed by atoms with Crippen LogP contribution in [0.15, 0.2) is 36.5 Å². The molecule has 0 aliphatic rings. The van der Waals surface area contributed by atoms with Gasteiger partial charge in [0.15, 0.2) is 5.13 Å². The summed E-state index contributed by atoms with van der Waals surface area (Å²) in [6.45, 7) is 1.58. The van der Waals surface area contributed by atoms with E-state index in [2.05, 4.69) is 20.6 Å². The largest absolute Gasteiger partial charge is 0.347 e. The summed E-state index contributed by atoms with van der Waals surface area (Å²) in [5.74, 6) is -1.90. The van der Waals surface area contributed by atoms with E-state index in [0.717, 1.165) is 29.7 Å². The number of hydrogen-bond acceptors (Lipinski definition) is 5. The Balaban J connectivity index is 1.67. The first-order valence-corrected chi connectivity index (χ1v) is 8.32. The molecular formula is C17H13F3N4OS. The Kier molecular flexibility index (Phi) is 5.17. The molecule has 5 nitrogen and oxygen atoms in total. The number of halogens is 3. The summed E-state index contributed by atoms with van der Waals surface area (Å²) in [6, 6.07) is 5.86. The zero-order valence-corrected chi connectivity index (χ0v) is 14.3. The molecule has 0 aliphatic carbocycles. The summed E-state index contributed by atoms with van der Waals surface area (Å²) >= 11 is 1.09. The third kappa shape index (κ3) is 4.17. The Morgan fingerprint density at radius 2 is 1.92 bits per heavy atom. The number of carbonyl (C=O) groups is 1. The smallest absolute Gasteiger partial charge is 0.263 e. The molecule has 1 amide bonds. The average Bonchev–Trinajstić information content (AvgIpc) is 2.96. The summed E-state index contributed by atoms with van der Waals surface area (Å²) in [6.07, 6.45) is 1.06. The van der Waals surface area contributed by atoms with E-state index in [-0.39, 0.29) is 12.1 Å². The number of carbonyl (C=O) groups excluding carboxylic acids is 1. The topological polar surface area (TPSA) is 66.9 Å². The van der Waals surface area contributed by atoms with E-state index in [1.807, 2.05) is 0 Å². The number of benzene rings is 1. The Hall–Kier alpha value is -2.94. The predicted molar refractivity (Wildman–Crippen MR) is 91.9 cm³/mol. The second kappa shape index (κ2) is 7.52. The SMILES string of the molecule is Cc1nc(Nc2ccc(F)cn2)sc1C(=O)NCc1ccc(F)cc1F. The fraction of sp³-hybridized carbons (Fsp3) is 0.118. The van der Waals surface area contributed by atoms with Gasteiger partial charge in [0, 0.05) is 18.2 Å². The molecule has 2 N–H and O–H groups in total. The Morgan fingerprint density at radius 3 is 2.62 bits per heavy atom. The third-order valence-electron chi connectivity index (χ3n) is 3.42. The number of aryl methyl sites for hydroxylation is 1. The van der Waals surface area contributed by atoms with E-state index in [9.17, 15) is 18.0 Å². The first-order valence-electron chi connectivity index (χ1n) is 7.50. The van der Waals surface area contributed by atoms with Crippen LogP contribution in [0, 0.1) is 24.4 Å². The van der Waals surface area contributed by atoms with Gasteiger partial charge in [-0.1, -0.05) is 17.4 Å². The molecule has 0 atom stereocenters. The molecule has 0 spiro atoms. The number of anilines is 2. The minimum Gasteiger partial charge on any atom is -0.347 e. The Bertz CT molecular complexity index is 944. The second-order valence-electron chi connectivity index (χ2n) is 5.34. The lowest BCUT2D eigenvalue weighted by molar-refractivity contribution is 0.0954. The molecule has 3 aromatic rings. The lowest BCUT2D eigenvalue weighted by Crippen LogP contribution is -2.23. The molecule has 0 unspecified atom stereocenters. The van der Waals surface area contributed by atoms with E-state index >= 15 is 0 Å². The van der Waals surface area contributed by atoms with Crippen LogP contribution in [0.5, 0.6) is 0 Å². The molecule has 0 radical (unpaired) electrons. The molecule has 26 heavy (non-hydrogen) atoms. The summed E-state index contributed by atoms with van der Waals surface area (Å²) in [5.41, 5.74) is 0.660. The van der Waals surface area contributed by atoms with Crippen molar-refractivity contribution in [2.45, 2.75) is 13.5 Å². The lowest BCUT2D eigenvalue weighted by Gasteiger charge is -2.05. The number of rotatable bonds is 5. The fourth-order valence-electron chi connectivity index (χ4n) is 2.14. The zero-order valence-electron chi connectivity index (χ0n) is 13.5. The van der Waals surface area contributed by atoms with Gasteiger partial charge in [0.25, 0.3) is 5.91 Å². The standard InChI is InChI=1S/C17H13F3N4OS/c1-9-15(16(25)22-7-10-2-3-11(18)6-13(10)20)26-17(23-9)24-14-5-4-12(19)8-21-14/h2-6,8H,7H2,1H3,(H,22,25)(H,21,23,24). The number of amides is 1. The van der Waals surface area contributed by atoms with Crippen molar-refractivity contribution in [3.8, 4) is 0 Å². The molecule has 0 saturated heterocycles. The van der Waals surface area contributed by atoms with E-state index in [4.69, 9.17) is 0 Å². The first kappa shape index (κ1) is 17.9. The Labute approximate surface area is 150 Å². The molecule has 0 bridgehead atoms. The van der Waals surface area contributed by atoms with Gasteiger partial charge in [-0.3, -0.25) is 4.79 Å². The average molecular weight is 378 g/mol. The highest BCUT2D eigenvalue weighted by Gasteiger charge is 2.16. The quantitative estimate of drug-likeness (QED) is 0.706. The molecule has 9 heteroatoms. The highest BCUT2D eigenvalue weighted by Crippen LogP contribution is 2.25. The molecular weight excluding hydrogens is 365 g/mol. The van der Waals surface area contributed by atoms with E-state index in [1.54, 1.807) is 6.92 Å². The fourth-order valence-corrected chi connectivity index (χ4v) is 3.03. The highest BCUT2D eigenvalue weighted by atomic mass is 32.1. The van der Waals surface area contributed by atoms with Crippen molar-refractivity contribution in [2.75, 3.05) is 5.32 Å². The van der Waals surface area contributed by atoms with E-state index < -0.39 is 23.4 Å². The molecule has 3 rings (SSSR count). The van der Waals surface area contributed by atoms with Gasteiger partial charge in [0.2, 0.25) is 0 Å². The number of pyridine rings is 1. The zero-order chi connectivity index (χ0) is 18.7. The van der Waals surface area contributed by atoms with Crippen LogP contribution in [-0.4, -0.2) is 15.9 Å². The second-order valence-corrected chi connectivity index (χ2v) is 6.34. The van der Waals surface area contributed by atoms with Crippen LogP contribution in [0.2, 0.25) is 0 Å². The van der Waals surface area contributed by atoms with Gasteiger partial charge in [-0.15, -0.1) is 0 Å². The van der Waals surface area contributed by atoms with Crippen LogP contribution >= 0.6 is 11.3 Å². The minimum absolute atomic E-state index is 0.0788. The third-order valence-corrected chi connectivity index (χ3v) is 4.49. The predicted octanol–water partition coefficient (Wildman–Crippen LogP) is 3.94. The van der Waals surface area contributed by atoms with Crippen LogP contribution in [0.25, 0.3) is 0 Å². The lowest BCUT2D eigenvalue weighted by atomic mass is 10.2. The van der Waals surface area contributed by atoms with Gasteiger partial charge < -0.3 is 10.6 Å². The maximum atomic E-state index is 13.6. The van der Waals surface area contributed by atoms with Crippen molar-refractivity contribution in [1.29, 1.82) is 0 Å². The Morgan fingerprint density at radius 1 is 1.15 bits per heavy atom. The van der Waals surface area contributed by atoms with Crippen molar-refractivity contribution in [2.24, 2.45) is 0 Å². The van der Waals surface area contributed by atoms with Crippen molar-refractivity contribution >= 4 is 28.2 Å². The minimum atomic E-state index is -0.726. The molecule has 0 fully saturated rings. The van der Waals surface area contributed by atoms with Crippen LogP contribution in [0.4, 0.5) is 24.1 Å². The molecule has 0 aliphatic heterocycles. The van der Waals surface area contributed by atoms with E-state index in [1.165, 1.54) is 18.2 Å². The molecule has 2 aromatic heterocycles. The van der Waals surface area contributed by atoms with Gasteiger partial charge in [-0.05, 0) is 25.1 Å². The monoisotopic (exact) mass is 378 g/mol. The van der Waals surface area contributed by atoms with Crippen LogP contribution in [0.3, 0.4) is 0 Å². The van der Waals surface area contributed by atoms with Gasteiger partial charge in [-0.25, -0.2) is 23.1 Å². The summed E-state index contributed by atoms with van der Waals surface area (Å²) < 4.78 is 39.4. The molecule has 0 saturated carbocycles. The first-order chi connectivity index (χ1) is 12.4. The van der Waals surface area contributed by atoms with Crippen molar-refractivity contribution in [3.05, 3.63) is 70.1 Å². The van der Waals surface area contributed by atoms with Gasteiger partial charge >= 0.3 is 0 Å². The van der Waals surface area contributed by atoms with Gasteiger partial charge in [-0.2, -0.15) is 0 Å². The number of aromatic nitrogens is 2. The summed E-state index contributed by atoms with van der Waals surface area (Å²) in [7, 11) is 0. The van der Waals surface area contributed by atoms with Gasteiger partial charge in [0.05, 0.1) is 11.9 Å². The highest BCUT2D eigenvalue weighted by molar-refractivity contribution is 7.17. The molecule has 2 heterocycles. The summed E-state index contributed by atoms with van der Waals surface area (Å²) in [4.78, 5) is 20.7. The van der Waals surface area contributed by atoms with Gasteiger partial charge in [0.1, 0.15) is 28.1 Å². The number of hydrogen-bond donors (Lipinski definition) is 2. The van der Waals surface area contributed by atoms with Crippen molar-refractivity contribution < 1.29 is 18.0 Å². The maximum Gasteiger partial charge on any atom is 0.263 e. The number of thiazole rings is 1. The van der Waals surface area contributed by atoms with Crippen LogP contribution in [-0.2, 0) is 6.54 Å². The van der Waals surface area contributed by atoms with Crippen molar-refractivity contribution in [3.63, 3.8) is 0 Å². The van der Waals surface area contributed by atoms with E-state index in [0.29, 0.717) is 21.5 Å². The van der Waals surface area contributed by atoms with Crippen LogP contribution in [0.1, 0.15) is 20.9 Å². The number of nitrogens with one attached hydrogen (secondary N) is 2. The normalized spacial score (nSPS) is 10.6.